The van der Waals surface area contributed by atoms with E-state index in [1.807, 2.05) is 83.5 Å². The van der Waals surface area contributed by atoms with E-state index in [-0.39, 0.29) is 5.41 Å². The summed E-state index contributed by atoms with van der Waals surface area (Å²) in [5, 5.41) is 11.0. The monoisotopic (exact) mass is 594 g/mol. The van der Waals surface area contributed by atoms with E-state index in [0.717, 1.165) is 54.3 Å². The second-order valence-electron chi connectivity index (χ2n) is 12.7. The lowest BCUT2D eigenvalue weighted by Gasteiger charge is -2.40. The highest BCUT2D eigenvalue weighted by molar-refractivity contribution is 6.30. The fraction of sp³-hybridized carbons (Fsp3) is 0.485. The standard InChI is InChI=1S/C33H43ClN4O4/c1-22-28(30(31(39)40)42-32(2,3)4)29(38-16-14-33(5,6)15-17-38)26(21-35-22)27-13-10-24(20-36-27)37(7)18-19-41-25-11-8-23(34)9-12-25/h8-13,20-21,30H,14-19H2,1-7H3,(H,39,40). The normalized spacial score (nSPS) is 15.8. The highest BCUT2D eigenvalue weighted by Crippen LogP contribution is 2.43. The molecule has 0 spiro atoms. The molecule has 1 fully saturated rings. The minimum absolute atomic E-state index is 0.231. The third-order valence-corrected chi connectivity index (χ3v) is 7.90. The first-order valence-electron chi connectivity index (χ1n) is 14.4. The van der Waals surface area contributed by atoms with Crippen LogP contribution in [0.4, 0.5) is 11.4 Å². The molecule has 1 aromatic carbocycles. The van der Waals surface area contributed by atoms with Gasteiger partial charge in [-0.2, -0.15) is 0 Å². The van der Waals surface area contributed by atoms with Crippen LogP contribution in [0.25, 0.3) is 11.3 Å². The summed E-state index contributed by atoms with van der Waals surface area (Å²) in [6.45, 7) is 14.8. The van der Waals surface area contributed by atoms with E-state index in [1.54, 1.807) is 0 Å². The summed E-state index contributed by atoms with van der Waals surface area (Å²) >= 11 is 5.96. The zero-order valence-corrected chi connectivity index (χ0v) is 26.5. The zero-order valence-electron chi connectivity index (χ0n) is 25.8. The van der Waals surface area contributed by atoms with Crippen LogP contribution in [0.5, 0.6) is 5.75 Å². The van der Waals surface area contributed by atoms with Crippen molar-refractivity contribution < 1.29 is 19.4 Å². The Morgan fingerprint density at radius 1 is 1.10 bits per heavy atom. The molecule has 42 heavy (non-hydrogen) atoms. The van der Waals surface area contributed by atoms with Gasteiger partial charge < -0.3 is 24.4 Å². The van der Waals surface area contributed by atoms with E-state index < -0.39 is 17.7 Å². The smallest absolute Gasteiger partial charge is 0.337 e. The van der Waals surface area contributed by atoms with Crippen LogP contribution in [0.1, 0.15) is 64.8 Å². The lowest BCUT2D eigenvalue weighted by atomic mass is 9.82. The molecule has 0 saturated carbocycles. The molecule has 4 rings (SSSR count). The Kier molecular flexibility index (Phi) is 9.68. The number of carboxylic acids is 1. The number of carbonyl (C=O) groups is 1. The number of benzene rings is 1. The summed E-state index contributed by atoms with van der Waals surface area (Å²) in [4.78, 5) is 26.5. The van der Waals surface area contributed by atoms with Gasteiger partial charge >= 0.3 is 5.97 Å². The average molecular weight is 595 g/mol. The highest BCUT2D eigenvalue weighted by atomic mass is 35.5. The molecule has 1 N–H and O–H groups in total. The number of anilines is 2. The molecule has 1 saturated heterocycles. The largest absolute Gasteiger partial charge is 0.492 e. The fourth-order valence-corrected chi connectivity index (χ4v) is 5.23. The minimum Gasteiger partial charge on any atom is -0.492 e. The SMILES string of the molecule is Cc1ncc(-c2ccc(N(C)CCOc3ccc(Cl)cc3)cn2)c(N2CCC(C)(C)CC2)c1C(OC(C)(C)C)C(=O)O. The highest BCUT2D eigenvalue weighted by Gasteiger charge is 2.36. The lowest BCUT2D eigenvalue weighted by molar-refractivity contribution is -0.160. The maximum atomic E-state index is 12.6. The Morgan fingerprint density at radius 3 is 2.33 bits per heavy atom. The molecule has 2 aromatic heterocycles. The maximum Gasteiger partial charge on any atom is 0.337 e. The van der Waals surface area contributed by atoms with Crippen LogP contribution in [0.15, 0.2) is 48.8 Å². The van der Waals surface area contributed by atoms with Crippen molar-refractivity contribution in [2.75, 3.05) is 43.1 Å². The van der Waals surface area contributed by atoms with Crippen molar-refractivity contribution in [3.05, 3.63) is 65.1 Å². The van der Waals surface area contributed by atoms with E-state index in [4.69, 9.17) is 26.1 Å². The molecule has 226 valence electrons. The van der Waals surface area contributed by atoms with Crippen molar-refractivity contribution in [2.24, 2.45) is 5.41 Å². The number of halogens is 1. The van der Waals surface area contributed by atoms with Crippen LogP contribution < -0.4 is 14.5 Å². The Balaban J connectivity index is 1.64. The van der Waals surface area contributed by atoms with Crippen molar-refractivity contribution in [1.29, 1.82) is 0 Å². The van der Waals surface area contributed by atoms with Crippen LogP contribution in [0.2, 0.25) is 5.02 Å². The van der Waals surface area contributed by atoms with Gasteiger partial charge in [-0.3, -0.25) is 9.97 Å². The quantitative estimate of drug-likeness (QED) is 0.264. The van der Waals surface area contributed by atoms with Gasteiger partial charge in [-0.05, 0) is 82.3 Å². The third kappa shape index (κ3) is 7.92. The fourth-order valence-electron chi connectivity index (χ4n) is 5.10. The number of likely N-dealkylation sites (N-methyl/N-ethyl adjacent to an activating group) is 1. The van der Waals surface area contributed by atoms with Crippen LogP contribution in [0, 0.1) is 12.3 Å². The van der Waals surface area contributed by atoms with Gasteiger partial charge in [0.25, 0.3) is 0 Å². The van der Waals surface area contributed by atoms with Crippen LogP contribution >= 0.6 is 11.6 Å². The molecule has 9 heteroatoms. The lowest BCUT2D eigenvalue weighted by Crippen LogP contribution is -2.39. The molecular weight excluding hydrogens is 552 g/mol. The van der Waals surface area contributed by atoms with E-state index in [1.165, 1.54) is 0 Å². The number of hydrogen-bond acceptors (Lipinski definition) is 7. The molecule has 0 radical (unpaired) electrons. The van der Waals surface area contributed by atoms with Gasteiger partial charge in [0.05, 0.1) is 35.4 Å². The topological polar surface area (TPSA) is 88.0 Å². The van der Waals surface area contributed by atoms with E-state index in [2.05, 4.69) is 28.6 Å². The molecule has 1 atom stereocenters. The summed E-state index contributed by atoms with van der Waals surface area (Å²) in [5.74, 6) is -0.260. The summed E-state index contributed by atoms with van der Waals surface area (Å²) in [6, 6.07) is 11.3. The summed E-state index contributed by atoms with van der Waals surface area (Å²) < 4.78 is 12.0. The number of piperidine rings is 1. The molecule has 0 bridgehead atoms. The number of hydrogen-bond donors (Lipinski definition) is 1. The number of aromatic nitrogens is 2. The predicted octanol–water partition coefficient (Wildman–Crippen LogP) is 7.19. The Bertz CT molecular complexity index is 1360. The van der Waals surface area contributed by atoms with E-state index in [9.17, 15) is 9.90 Å². The molecule has 0 amide bonds. The number of rotatable bonds is 10. The summed E-state index contributed by atoms with van der Waals surface area (Å²) in [5.41, 5.74) is 4.14. The first-order valence-corrected chi connectivity index (χ1v) is 14.8. The molecular formula is C33H43ClN4O4. The number of aryl methyl sites for hydroxylation is 1. The second kappa shape index (κ2) is 12.9. The van der Waals surface area contributed by atoms with E-state index in [0.29, 0.717) is 29.4 Å². The first kappa shape index (κ1) is 31.6. The maximum absolute atomic E-state index is 12.6. The number of aliphatic carboxylic acids is 1. The van der Waals surface area contributed by atoms with Gasteiger partial charge in [-0.25, -0.2) is 4.79 Å². The van der Waals surface area contributed by atoms with Crippen molar-refractivity contribution in [1.82, 2.24) is 9.97 Å². The minimum atomic E-state index is -1.16. The third-order valence-electron chi connectivity index (χ3n) is 7.65. The molecule has 1 unspecified atom stereocenters. The predicted molar refractivity (Wildman–Crippen MR) is 169 cm³/mol. The van der Waals surface area contributed by atoms with Gasteiger partial charge in [0.2, 0.25) is 0 Å². The molecule has 8 nitrogen and oxygen atoms in total. The molecule has 0 aliphatic carbocycles. The van der Waals surface area contributed by atoms with Gasteiger partial charge in [0.1, 0.15) is 12.4 Å². The van der Waals surface area contributed by atoms with Crippen molar-refractivity contribution in [3.8, 4) is 17.0 Å². The van der Waals surface area contributed by atoms with Crippen molar-refractivity contribution >= 4 is 28.9 Å². The van der Waals surface area contributed by atoms with Crippen molar-refractivity contribution in [3.63, 3.8) is 0 Å². The average Bonchev–Trinajstić information content (AvgIpc) is 2.92. The summed E-state index contributed by atoms with van der Waals surface area (Å²) in [7, 11) is 2.00. The van der Waals surface area contributed by atoms with Gasteiger partial charge in [0, 0.05) is 48.2 Å². The molecule has 1 aliphatic rings. The Hall–Kier alpha value is -3.36. The van der Waals surface area contributed by atoms with Gasteiger partial charge in [0.15, 0.2) is 6.10 Å². The number of nitrogens with zero attached hydrogens (tertiary/aromatic N) is 4. The van der Waals surface area contributed by atoms with Gasteiger partial charge in [-0.1, -0.05) is 25.4 Å². The molecule has 3 heterocycles. The Morgan fingerprint density at radius 2 is 1.76 bits per heavy atom. The number of ether oxygens (including phenoxy) is 2. The first-order chi connectivity index (χ1) is 19.7. The second-order valence-corrected chi connectivity index (χ2v) is 13.2. The van der Waals surface area contributed by atoms with Crippen LogP contribution in [-0.2, 0) is 9.53 Å². The van der Waals surface area contributed by atoms with Crippen LogP contribution in [-0.4, -0.2) is 59.9 Å². The zero-order chi connectivity index (χ0) is 30.7. The van der Waals surface area contributed by atoms with Crippen molar-refractivity contribution in [2.45, 2.75) is 66.1 Å². The van der Waals surface area contributed by atoms with E-state index >= 15 is 0 Å². The molecule has 1 aliphatic heterocycles. The Labute approximate surface area is 254 Å². The van der Waals surface area contributed by atoms with Crippen LogP contribution in [0.3, 0.4) is 0 Å². The number of carboxylic acid groups (broad SMARTS) is 1. The van der Waals surface area contributed by atoms with Gasteiger partial charge in [-0.15, -0.1) is 0 Å². The number of pyridine rings is 2. The molecule has 3 aromatic rings. The summed E-state index contributed by atoms with van der Waals surface area (Å²) in [6.07, 6.45) is 4.49.